The van der Waals surface area contributed by atoms with Crippen LogP contribution in [0.5, 0.6) is 0 Å². The van der Waals surface area contributed by atoms with Crippen LogP contribution in [0.2, 0.25) is 0 Å². The molecule has 0 bridgehead atoms. The average Bonchev–Trinajstić information content (AvgIpc) is 1.82. The summed E-state index contributed by atoms with van der Waals surface area (Å²) in [6.07, 6.45) is 3.01. The van der Waals surface area contributed by atoms with Gasteiger partial charge < -0.3 is 5.73 Å². The zero-order valence-corrected chi connectivity index (χ0v) is 7.15. The number of amides is 1. The van der Waals surface area contributed by atoms with Gasteiger partial charge in [-0.15, -0.1) is 0 Å². The predicted molar refractivity (Wildman–Crippen MR) is 41.4 cm³/mol. The molecule has 0 heterocycles. The fraction of sp³-hybridized carbons (Fsp3) is 0.833. The summed E-state index contributed by atoms with van der Waals surface area (Å²) >= 11 is 3.17. The molecule has 2 N–H and O–H groups in total. The van der Waals surface area contributed by atoms with Crippen molar-refractivity contribution in [1.29, 1.82) is 0 Å². The molecule has 0 aliphatic rings. The molecular formula is C6H12BrNO. The first-order valence-electron chi connectivity index (χ1n) is 3.12. The van der Waals surface area contributed by atoms with Crippen molar-refractivity contribution in [2.75, 3.05) is 0 Å². The van der Waals surface area contributed by atoms with E-state index in [-0.39, 0.29) is 10.7 Å². The van der Waals surface area contributed by atoms with Gasteiger partial charge in [0, 0.05) is 0 Å². The number of nitrogens with two attached hydrogens (primary N) is 1. The summed E-state index contributed by atoms with van der Waals surface area (Å²) in [4.78, 5) is 10.3. The topological polar surface area (TPSA) is 43.1 Å². The highest BCUT2D eigenvalue weighted by atomic mass is 79.9. The lowest BCUT2D eigenvalue weighted by atomic mass is 10.2. The highest BCUT2D eigenvalue weighted by Crippen LogP contribution is 2.08. The van der Waals surface area contributed by atoms with Crippen molar-refractivity contribution in [2.45, 2.75) is 31.0 Å². The summed E-state index contributed by atoms with van der Waals surface area (Å²) in [6.45, 7) is 2.08. The second-order valence-electron chi connectivity index (χ2n) is 2.01. The van der Waals surface area contributed by atoms with Gasteiger partial charge in [-0.3, -0.25) is 4.79 Å². The van der Waals surface area contributed by atoms with Gasteiger partial charge in [-0.05, 0) is 6.42 Å². The van der Waals surface area contributed by atoms with Crippen molar-refractivity contribution in [2.24, 2.45) is 5.73 Å². The van der Waals surface area contributed by atoms with Crippen molar-refractivity contribution in [3.05, 3.63) is 0 Å². The van der Waals surface area contributed by atoms with Crippen LogP contribution in [0.15, 0.2) is 0 Å². The minimum Gasteiger partial charge on any atom is -0.369 e. The number of hydrogen-bond donors (Lipinski definition) is 1. The van der Waals surface area contributed by atoms with E-state index in [1.54, 1.807) is 0 Å². The monoisotopic (exact) mass is 193 g/mol. The Morgan fingerprint density at radius 1 is 1.78 bits per heavy atom. The van der Waals surface area contributed by atoms with E-state index in [1.807, 2.05) is 0 Å². The lowest BCUT2D eigenvalue weighted by molar-refractivity contribution is -0.117. The molecule has 0 aliphatic carbocycles. The maximum Gasteiger partial charge on any atom is 0.231 e. The zero-order chi connectivity index (χ0) is 7.28. The smallest absolute Gasteiger partial charge is 0.231 e. The number of primary amides is 1. The Bertz CT molecular complexity index is 95.1. The quantitative estimate of drug-likeness (QED) is 0.675. The standard InChI is InChI=1S/C6H12BrNO/c1-2-3-4-5(7)6(8)9/h5H,2-4H2,1H3,(H2,8,9). The van der Waals surface area contributed by atoms with Crippen molar-refractivity contribution in [3.8, 4) is 0 Å². The third kappa shape index (κ3) is 4.45. The molecule has 1 atom stereocenters. The van der Waals surface area contributed by atoms with E-state index < -0.39 is 0 Å². The fourth-order valence-electron chi connectivity index (χ4n) is 0.526. The molecule has 9 heavy (non-hydrogen) atoms. The van der Waals surface area contributed by atoms with Crippen LogP contribution in [0, 0.1) is 0 Å². The molecule has 54 valence electrons. The van der Waals surface area contributed by atoms with Crippen LogP contribution >= 0.6 is 15.9 Å². The second-order valence-corrected chi connectivity index (χ2v) is 3.12. The Labute approximate surface area is 63.9 Å². The van der Waals surface area contributed by atoms with Gasteiger partial charge in [0.05, 0.1) is 4.83 Å². The van der Waals surface area contributed by atoms with Crippen LogP contribution < -0.4 is 5.73 Å². The van der Waals surface area contributed by atoms with Crippen LogP contribution in [0.4, 0.5) is 0 Å². The van der Waals surface area contributed by atoms with Crippen LogP contribution in [-0.2, 0) is 4.79 Å². The molecule has 0 aromatic carbocycles. The molecule has 1 amide bonds. The van der Waals surface area contributed by atoms with E-state index in [9.17, 15) is 4.79 Å². The van der Waals surface area contributed by atoms with Crippen molar-refractivity contribution in [1.82, 2.24) is 0 Å². The predicted octanol–water partition coefficient (Wildman–Crippen LogP) is 1.43. The van der Waals surface area contributed by atoms with Gasteiger partial charge in [0.25, 0.3) is 0 Å². The Morgan fingerprint density at radius 2 is 2.33 bits per heavy atom. The number of carbonyl (C=O) groups is 1. The summed E-state index contributed by atoms with van der Waals surface area (Å²) in [6, 6.07) is 0. The number of hydrogen-bond acceptors (Lipinski definition) is 1. The molecule has 0 aliphatic heterocycles. The summed E-state index contributed by atoms with van der Waals surface area (Å²) < 4.78 is 0. The van der Waals surface area contributed by atoms with Crippen LogP contribution in [0.25, 0.3) is 0 Å². The summed E-state index contributed by atoms with van der Waals surface area (Å²) in [5.41, 5.74) is 4.99. The lowest BCUT2D eigenvalue weighted by Crippen LogP contribution is -2.22. The van der Waals surface area contributed by atoms with Crippen LogP contribution in [0.1, 0.15) is 26.2 Å². The van der Waals surface area contributed by atoms with Gasteiger partial charge in [-0.1, -0.05) is 35.7 Å². The first kappa shape index (κ1) is 8.95. The van der Waals surface area contributed by atoms with Gasteiger partial charge in [0.15, 0.2) is 0 Å². The number of unbranched alkanes of at least 4 members (excludes halogenated alkanes) is 1. The molecule has 0 aromatic rings. The lowest BCUT2D eigenvalue weighted by Gasteiger charge is -2.01. The minimum atomic E-state index is -0.261. The van der Waals surface area contributed by atoms with Crippen molar-refractivity contribution < 1.29 is 4.79 Å². The first-order valence-corrected chi connectivity index (χ1v) is 4.03. The van der Waals surface area contributed by atoms with Crippen LogP contribution in [-0.4, -0.2) is 10.7 Å². The molecule has 0 spiro atoms. The van der Waals surface area contributed by atoms with E-state index >= 15 is 0 Å². The highest BCUT2D eigenvalue weighted by Gasteiger charge is 2.08. The van der Waals surface area contributed by atoms with E-state index in [0.29, 0.717) is 0 Å². The van der Waals surface area contributed by atoms with Gasteiger partial charge >= 0.3 is 0 Å². The van der Waals surface area contributed by atoms with E-state index in [1.165, 1.54) is 0 Å². The average molecular weight is 194 g/mol. The summed E-state index contributed by atoms with van der Waals surface area (Å²) in [5.74, 6) is -0.261. The second kappa shape index (κ2) is 4.79. The van der Waals surface area contributed by atoms with E-state index in [4.69, 9.17) is 5.73 Å². The maximum atomic E-state index is 10.4. The third-order valence-electron chi connectivity index (χ3n) is 1.12. The number of carbonyl (C=O) groups excluding carboxylic acids is 1. The Kier molecular flexibility index (Phi) is 4.77. The molecule has 0 aromatic heterocycles. The fourth-order valence-corrected chi connectivity index (χ4v) is 0.849. The van der Waals surface area contributed by atoms with Gasteiger partial charge in [0.2, 0.25) is 5.91 Å². The van der Waals surface area contributed by atoms with Gasteiger partial charge in [-0.2, -0.15) is 0 Å². The Balaban J connectivity index is 3.27. The first-order chi connectivity index (χ1) is 4.18. The largest absolute Gasteiger partial charge is 0.369 e. The molecule has 2 nitrogen and oxygen atoms in total. The van der Waals surface area contributed by atoms with Gasteiger partial charge in [-0.25, -0.2) is 0 Å². The zero-order valence-electron chi connectivity index (χ0n) is 5.56. The highest BCUT2D eigenvalue weighted by molar-refractivity contribution is 9.10. The Morgan fingerprint density at radius 3 is 2.67 bits per heavy atom. The molecule has 3 heteroatoms. The van der Waals surface area contributed by atoms with Crippen molar-refractivity contribution in [3.63, 3.8) is 0 Å². The van der Waals surface area contributed by atoms with Crippen LogP contribution in [0.3, 0.4) is 0 Å². The maximum absolute atomic E-state index is 10.4. The van der Waals surface area contributed by atoms with Gasteiger partial charge in [0.1, 0.15) is 0 Å². The molecule has 0 saturated heterocycles. The number of halogens is 1. The summed E-state index contributed by atoms with van der Waals surface area (Å²) in [7, 11) is 0. The molecule has 0 fully saturated rings. The molecule has 0 saturated carbocycles. The minimum absolute atomic E-state index is 0.127. The normalized spacial score (nSPS) is 13.1. The Hall–Kier alpha value is -0.0500. The third-order valence-corrected chi connectivity index (χ3v) is 2.03. The van der Waals surface area contributed by atoms with Crippen molar-refractivity contribution >= 4 is 21.8 Å². The molecule has 0 rings (SSSR count). The molecular weight excluding hydrogens is 182 g/mol. The number of alkyl halides is 1. The SMILES string of the molecule is CCCCC(Br)C(N)=O. The van der Waals surface area contributed by atoms with E-state index in [0.717, 1.165) is 19.3 Å². The number of rotatable bonds is 4. The molecule has 0 radical (unpaired) electrons. The summed E-state index contributed by atoms with van der Waals surface area (Å²) in [5, 5.41) is 0. The molecule has 1 unspecified atom stereocenters. The van der Waals surface area contributed by atoms with E-state index in [2.05, 4.69) is 22.9 Å².